The average Bonchev–Trinajstić information content (AvgIpc) is 2.68. The van der Waals surface area contributed by atoms with E-state index in [1.807, 2.05) is 25.1 Å². The predicted octanol–water partition coefficient (Wildman–Crippen LogP) is 2.07. The first-order valence-electron chi connectivity index (χ1n) is 9.06. The molecule has 0 fully saturated rings. The van der Waals surface area contributed by atoms with E-state index in [1.54, 1.807) is 31.3 Å². The van der Waals surface area contributed by atoms with Crippen molar-refractivity contribution in [1.29, 1.82) is 0 Å². The van der Waals surface area contributed by atoms with Crippen molar-refractivity contribution >= 4 is 16.0 Å². The zero-order valence-electron chi connectivity index (χ0n) is 15.9. The Kier molecular flexibility index (Phi) is 8.29. The van der Waals surface area contributed by atoms with Gasteiger partial charge in [-0.25, -0.2) is 13.1 Å². The molecule has 0 heterocycles. The number of guanidine groups is 1. The lowest BCUT2D eigenvalue weighted by atomic mass is 10.1. The summed E-state index contributed by atoms with van der Waals surface area (Å²) in [5.41, 5.74) is 2.34. The standard InChI is InChI=1S/C20H28N4O2S/c1-17-10-12-19(13-11-17)27(25,26)24-16-15-23-20(21-2)22-14-6-9-18-7-4-3-5-8-18/h3-5,7-8,10-13,24H,6,9,14-16H2,1-2H3,(H2,21,22,23). The summed E-state index contributed by atoms with van der Waals surface area (Å²) in [7, 11) is -1.79. The van der Waals surface area contributed by atoms with Crippen LogP contribution < -0.4 is 15.4 Å². The smallest absolute Gasteiger partial charge is 0.240 e. The van der Waals surface area contributed by atoms with Gasteiger partial charge in [-0.3, -0.25) is 4.99 Å². The fraction of sp³-hybridized carbons (Fsp3) is 0.350. The number of hydrogen-bond acceptors (Lipinski definition) is 3. The highest BCUT2D eigenvalue weighted by Crippen LogP contribution is 2.09. The maximum absolute atomic E-state index is 12.2. The Hall–Kier alpha value is -2.38. The first-order valence-corrected chi connectivity index (χ1v) is 10.5. The molecule has 0 atom stereocenters. The Morgan fingerprint density at radius 2 is 1.59 bits per heavy atom. The number of nitrogens with zero attached hydrogens (tertiary/aromatic N) is 1. The SMILES string of the molecule is CN=C(NCCCc1ccccc1)NCCNS(=O)(=O)c1ccc(C)cc1. The molecule has 3 N–H and O–H groups in total. The number of aryl methyl sites for hydroxylation is 2. The quantitative estimate of drug-likeness (QED) is 0.349. The molecule has 2 aromatic rings. The van der Waals surface area contributed by atoms with E-state index in [0.717, 1.165) is 24.9 Å². The van der Waals surface area contributed by atoms with Crippen LogP contribution in [0.15, 0.2) is 64.5 Å². The van der Waals surface area contributed by atoms with E-state index in [2.05, 4.69) is 32.5 Å². The number of rotatable bonds is 9. The molecule has 0 aliphatic carbocycles. The van der Waals surface area contributed by atoms with Crippen LogP contribution in [-0.2, 0) is 16.4 Å². The van der Waals surface area contributed by atoms with Crippen molar-refractivity contribution in [2.45, 2.75) is 24.7 Å². The van der Waals surface area contributed by atoms with Crippen molar-refractivity contribution in [3.8, 4) is 0 Å². The molecule has 0 saturated carbocycles. The number of nitrogens with one attached hydrogen (secondary N) is 3. The highest BCUT2D eigenvalue weighted by molar-refractivity contribution is 7.89. The Morgan fingerprint density at radius 1 is 0.926 bits per heavy atom. The van der Waals surface area contributed by atoms with Crippen molar-refractivity contribution in [2.75, 3.05) is 26.7 Å². The number of benzene rings is 2. The van der Waals surface area contributed by atoms with Gasteiger partial charge in [-0.1, -0.05) is 48.0 Å². The molecular formula is C20H28N4O2S. The Labute approximate surface area is 162 Å². The predicted molar refractivity (Wildman–Crippen MR) is 110 cm³/mol. The summed E-state index contributed by atoms with van der Waals surface area (Å²) in [6.45, 7) is 3.44. The highest BCUT2D eigenvalue weighted by atomic mass is 32.2. The largest absolute Gasteiger partial charge is 0.356 e. The van der Waals surface area contributed by atoms with Gasteiger partial charge in [0.1, 0.15) is 0 Å². The summed E-state index contributed by atoms with van der Waals surface area (Å²) in [6.07, 6.45) is 1.99. The van der Waals surface area contributed by atoms with Crippen molar-refractivity contribution in [3.05, 3.63) is 65.7 Å². The second-order valence-electron chi connectivity index (χ2n) is 6.23. The third-order valence-electron chi connectivity index (χ3n) is 4.04. The summed E-state index contributed by atoms with van der Waals surface area (Å²) in [5.74, 6) is 0.664. The van der Waals surface area contributed by atoms with Crippen LogP contribution in [0, 0.1) is 6.92 Å². The lowest BCUT2D eigenvalue weighted by Gasteiger charge is -2.12. The van der Waals surface area contributed by atoms with E-state index >= 15 is 0 Å². The van der Waals surface area contributed by atoms with Crippen LogP contribution in [0.3, 0.4) is 0 Å². The molecule has 0 amide bonds. The van der Waals surface area contributed by atoms with E-state index in [1.165, 1.54) is 5.56 Å². The molecule has 0 radical (unpaired) electrons. The third kappa shape index (κ3) is 7.40. The van der Waals surface area contributed by atoms with Crippen LogP contribution in [0.25, 0.3) is 0 Å². The van der Waals surface area contributed by atoms with E-state index in [9.17, 15) is 8.42 Å². The molecule has 0 unspecified atom stereocenters. The maximum Gasteiger partial charge on any atom is 0.240 e. The Bertz CT molecular complexity index is 819. The van der Waals surface area contributed by atoms with Crippen molar-refractivity contribution in [3.63, 3.8) is 0 Å². The molecule has 7 heteroatoms. The average molecular weight is 389 g/mol. The number of hydrogen-bond donors (Lipinski definition) is 3. The topological polar surface area (TPSA) is 82.6 Å². The number of aliphatic imine (C=N–C) groups is 1. The first kappa shape index (κ1) is 20.9. The maximum atomic E-state index is 12.2. The van der Waals surface area contributed by atoms with Crippen molar-refractivity contribution in [2.24, 2.45) is 4.99 Å². The Morgan fingerprint density at radius 3 is 2.26 bits per heavy atom. The molecule has 2 aromatic carbocycles. The minimum atomic E-state index is -3.48. The summed E-state index contributed by atoms with van der Waals surface area (Å²) < 4.78 is 27.0. The van der Waals surface area contributed by atoms with E-state index < -0.39 is 10.0 Å². The van der Waals surface area contributed by atoms with Gasteiger partial charge in [0.05, 0.1) is 4.90 Å². The number of sulfonamides is 1. The zero-order valence-corrected chi connectivity index (χ0v) is 16.7. The fourth-order valence-corrected chi connectivity index (χ4v) is 3.56. The molecule has 0 bridgehead atoms. The van der Waals surface area contributed by atoms with E-state index in [-0.39, 0.29) is 11.4 Å². The molecule has 0 spiro atoms. The molecule has 0 aliphatic heterocycles. The molecule has 6 nitrogen and oxygen atoms in total. The molecule has 2 rings (SSSR count). The minimum absolute atomic E-state index is 0.275. The van der Waals surface area contributed by atoms with Crippen LogP contribution in [-0.4, -0.2) is 41.1 Å². The van der Waals surface area contributed by atoms with Gasteiger partial charge < -0.3 is 10.6 Å². The summed E-state index contributed by atoms with van der Waals surface area (Å²) in [4.78, 5) is 4.43. The van der Waals surface area contributed by atoms with Crippen molar-refractivity contribution < 1.29 is 8.42 Å². The minimum Gasteiger partial charge on any atom is -0.356 e. The second-order valence-corrected chi connectivity index (χ2v) is 7.99. The van der Waals surface area contributed by atoms with Crippen LogP contribution in [0.4, 0.5) is 0 Å². The van der Waals surface area contributed by atoms with Crippen LogP contribution in [0.2, 0.25) is 0 Å². The van der Waals surface area contributed by atoms with Gasteiger partial charge in [0.25, 0.3) is 0 Å². The molecule has 27 heavy (non-hydrogen) atoms. The van der Waals surface area contributed by atoms with Gasteiger partial charge in [0.2, 0.25) is 10.0 Å². The normalized spacial score (nSPS) is 12.0. The summed E-state index contributed by atoms with van der Waals surface area (Å²) >= 11 is 0. The molecule has 146 valence electrons. The molecule has 0 saturated heterocycles. The fourth-order valence-electron chi connectivity index (χ4n) is 2.53. The van der Waals surface area contributed by atoms with Gasteiger partial charge in [0, 0.05) is 26.7 Å². The summed E-state index contributed by atoms with van der Waals surface area (Å²) in [5, 5.41) is 6.35. The molecular weight excluding hydrogens is 360 g/mol. The third-order valence-corrected chi connectivity index (χ3v) is 5.52. The Balaban J connectivity index is 1.66. The van der Waals surface area contributed by atoms with Crippen LogP contribution in [0.1, 0.15) is 17.5 Å². The van der Waals surface area contributed by atoms with Gasteiger partial charge >= 0.3 is 0 Å². The van der Waals surface area contributed by atoms with Gasteiger partial charge in [0.15, 0.2) is 5.96 Å². The van der Waals surface area contributed by atoms with Crippen LogP contribution in [0.5, 0.6) is 0 Å². The monoisotopic (exact) mass is 388 g/mol. The van der Waals surface area contributed by atoms with E-state index in [4.69, 9.17) is 0 Å². The zero-order chi connectivity index (χ0) is 19.5. The van der Waals surface area contributed by atoms with Gasteiger partial charge in [-0.05, 0) is 37.5 Å². The second kappa shape index (κ2) is 10.7. The first-order chi connectivity index (χ1) is 13.0. The van der Waals surface area contributed by atoms with E-state index in [0.29, 0.717) is 12.5 Å². The van der Waals surface area contributed by atoms with Crippen LogP contribution >= 0.6 is 0 Å². The molecule has 0 aliphatic rings. The highest BCUT2D eigenvalue weighted by Gasteiger charge is 2.12. The lowest BCUT2D eigenvalue weighted by molar-refractivity contribution is 0.580. The molecule has 0 aromatic heterocycles. The van der Waals surface area contributed by atoms with Crippen molar-refractivity contribution in [1.82, 2.24) is 15.4 Å². The summed E-state index contributed by atoms with van der Waals surface area (Å²) in [6, 6.07) is 17.1. The lowest BCUT2D eigenvalue weighted by Crippen LogP contribution is -2.41. The van der Waals surface area contributed by atoms with Gasteiger partial charge in [-0.2, -0.15) is 0 Å². The van der Waals surface area contributed by atoms with Gasteiger partial charge in [-0.15, -0.1) is 0 Å².